The van der Waals surface area contributed by atoms with Gasteiger partial charge in [0, 0.05) is 11.6 Å². The predicted molar refractivity (Wildman–Crippen MR) is 103 cm³/mol. The highest BCUT2D eigenvalue weighted by Gasteiger charge is 2.35. The first-order chi connectivity index (χ1) is 14.4. The average Bonchev–Trinajstić information content (AvgIpc) is 3.33. The van der Waals surface area contributed by atoms with Crippen LogP contribution in [0, 0.1) is 18.6 Å². The van der Waals surface area contributed by atoms with Gasteiger partial charge in [-0.1, -0.05) is 23.8 Å². The molecule has 2 heterocycles. The van der Waals surface area contributed by atoms with Crippen LogP contribution in [-0.2, 0) is 18.7 Å². The number of aryl methyl sites for hydroxylation is 1. The molecule has 0 amide bonds. The van der Waals surface area contributed by atoms with Gasteiger partial charge in [-0.2, -0.15) is 10.2 Å². The Balaban J connectivity index is 1.74. The molecule has 10 heteroatoms. The summed E-state index contributed by atoms with van der Waals surface area (Å²) in [6.07, 6.45) is 3.93. The number of hydrogen-bond acceptors (Lipinski definition) is 5. The monoisotopic (exact) mass is 412 g/mol. The van der Waals surface area contributed by atoms with Crippen molar-refractivity contribution in [1.82, 2.24) is 29.1 Å². The van der Waals surface area contributed by atoms with Crippen LogP contribution in [0.25, 0.3) is 5.69 Å². The maximum absolute atomic E-state index is 14.5. The van der Waals surface area contributed by atoms with Crippen molar-refractivity contribution >= 4 is 0 Å². The van der Waals surface area contributed by atoms with E-state index in [0.29, 0.717) is 11.8 Å². The molecule has 2 aromatic carbocycles. The number of rotatable bonds is 6. The Morgan fingerprint density at radius 2 is 1.80 bits per heavy atom. The number of hydrogen-bond donors (Lipinski definition) is 1. The van der Waals surface area contributed by atoms with Gasteiger partial charge in [0.1, 0.15) is 36.2 Å². The number of aliphatic hydroxyl groups is 1. The molecule has 4 aromatic rings. The van der Waals surface area contributed by atoms with Crippen LogP contribution in [0.3, 0.4) is 0 Å². The standard InChI is InChI=1S/C20H18F2N6O2/c1-14-2-5-16(6-3-14)27-13-25-28(19(27)29)10-20(30,9-26-12-23-11-24-26)17-7-4-15(21)8-18(17)22/h2-8,11-13,30H,9-10H2,1H3. The fourth-order valence-electron chi connectivity index (χ4n) is 3.25. The molecular weight excluding hydrogens is 394 g/mol. The minimum Gasteiger partial charge on any atom is -0.381 e. The van der Waals surface area contributed by atoms with Gasteiger partial charge in [0.05, 0.1) is 18.8 Å². The average molecular weight is 412 g/mol. The molecule has 1 atom stereocenters. The summed E-state index contributed by atoms with van der Waals surface area (Å²) in [6, 6.07) is 10.1. The molecule has 0 aliphatic carbocycles. The summed E-state index contributed by atoms with van der Waals surface area (Å²) in [5.74, 6) is -1.72. The molecule has 0 saturated carbocycles. The zero-order valence-electron chi connectivity index (χ0n) is 16.0. The molecule has 30 heavy (non-hydrogen) atoms. The van der Waals surface area contributed by atoms with Crippen molar-refractivity contribution in [2.75, 3.05) is 0 Å². The Morgan fingerprint density at radius 3 is 2.47 bits per heavy atom. The quantitative estimate of drug-likeness (QED) is 0.522. The fourth-order valence-corrected chi connectivity index (χ4v) is 3.25. The molecule has 0 saturated heterocycles. The van der Waals surface area contributed by atoms with Gasteiger partial charge in [-0.25, -0.2) is 32.5 Å². The lowest BCUT2D eigenvalue weighted by Crippen LogP contribution is -2.41. The minimum absolute atomic E-state index is 0.184. The van der Waals surface area contributed by atoms with Gasteiger partial charge in [0.25, 0.3) is 0 Å². The maximum atomic E-state index is 14.5. The number of nitrogens with zero attached hydrogens (tertiary/aromatic N) is 6. The topological polar surface area (TPSA) is 90.8 Å². The van der Waals surface area contributed by atoms with Crippen LogP contribution in [-0.4, -0.2) is 34.2 Å². The predicted octanol–water partition coefficient (Wildman–Crippen LogP) is 1.80. The molecule has 0 radical (unpaired) electrons. The maximum Gasteiger partial charge on any atom is 0.350 e. The summed E-state index contributed by atoms with van der Waals surface area (Å²) in [6.45, 7) is 1.32. The van der Waals surface area contributed by atoms with Crippen LogP contribution < -0.4 is 5.69 Å². The summed E-state index contributed by atoms with van der Waals surface area (Å²) in [7, 11) is 0. The summed E-state index contributed by atoms with van der Waals surface area (Å²) >= 11 is 0. The first kappa shape index (κ1) is 19.6. The second-order valence-electron chi connectivity index (χ2n) is 7.03. The molecule has 8 nitrogen and oxygen atoms in total. The van der Waals surface area contributed by atoms with Gasteiger partial charge in [-0.3, -0.25) is 0 Å². The van der Waals surface area contributed by atoms with E-state index in [-0.39, 0.29) is 18.7 Å². The largest absolute Gasteiger partial charge is 0.381 e. The molecule has 0 fully saturated rings. The highest BCUT2D eigenvalue weighted by Crippen LogP contribution is 2.28. The second-order valence-corrected chi connectivity index (χ2v) is 7.03. The first-order valence-electron chi connectivity index (χ1n) is 9.07. The highest BCUT2D eigenvalue weighted by molar-refractivity contribution is 5.33. The Labute approximate surface area is 169 Å². The zero-order chi connectivity index (χ0) is 21.3. The fraction of sp³-hybridized carbons (Fsp3) is 0.200. The molecule has 154 valence electrons. The molecule has 0 aliphatic heterocycles. The van der Waals surface area contributed by atoms with Gasteiger partial charge in [0.2, 0.25) is 0 Å². The highest BCUT2D eigenvalue weighted by atomic mass is 19.1. The number of halogens is 2. The van der Waals surface area contributed by atoms with Gasteiger partial charge in [0.15, 0.2) is 0 Å². The van der Waals surface area contributed by atoms with E-state index in [0.717, 1.165) is 22.4 Å². The Hall–Kier alpha value is -3.66. The van der Waals surface area contributed by atoms with Crippen LogP contribution in [0.5, 0.6) is 0 Å². The van der Waals surface area contributed by atoms with E-state index < -0.39 is 22.9 Å². The Kier molecular flexibility index (Phi) is 5.00. The summed E-state index contributed by atoms with van der Waals surface area (Å²) < 4.78 is 31.6. The van der Waals surface area contributed by atoms with Crippen molar-refractivity contribution in [3.8, 4) is 5.69 Å². The Bertz CT molecular complexity index is 1220. The third kappa shape index (κ3) is 3.77. The van der Waals surface area contributed by atoms with E-state index in [9.17, 15) is 18.7 Å². The third-order valence-electron chi connectivity index (χ3n) is 4.78. The normalized spacial score (nSPS) is 13.3. The van der Waals surface area contributed by atoms with E-state index >= 15 is 0 Å². The molecule has 0 bridgehead atoms. The lowest BCUT2D eigenvalue weighted by atomic mass is 9.93. The summed E-state index contributed by atoms with van der Waals surface area (Å²) in [5.41, 5.74) is -1.01. The molecule has 2 aromatic heterocycles. The molecule has 0 spiro atoms. The first-order valence-corrected chi connectivity index (χ1v) is 9.07. The number of benzene rings is 2. The molecule has 1 unspecified atom stereocenters. The summed E-state index contributed by atoms with van der Waals surface area (Å²) in [4.78, 5) is 16.7. The van der Waals surface area contributed by atoms with Crippen LogP contribution in [0.4, 0.5) is 8.78 Å². The second kappa shape index (κ2) is 7.64. The lowest BCUT2D eigenvalue weighted by Gasteiger charge is -2.28. The minimum atomic E-state index is -1.94. The van der Waals surface area contributed by atoms with Crippen molar-refractivity contribution in [3.05, 3.63) is 94.7 Å². The van der Waals surface area contributed by atoms with E-state index in [1.807, 2.05) is 19.1 Å². The SMILES string of the molecule is Cc1ccc(-n2cnn(CC(O)(Cn3cncn3)c3ccc(F)cc3F)c2=O)cc1. The van der Waals surface area contributed by atoms with Gasteiger partial charge in [-0.15, -0.1) is 0 Å². The smallest absolute Gasteiger partial charge is 0.350 e. The van der Waals surface area contributed by atoms with Crippen LogP contribution >= 0.6 is 0 Å². The third-order valence-corrected chi connectivity index (χ3v) is 4.78. The van der Waals surface area contributed by atoms with Crippen LogP contribution in [0.15, 0.2) is 66.2 Å². The molecule has 4 rings (SSSR count). The van der Waals surface area contributed by atoms with Gasteiger partial charge < -0.3 is 5.11 Å². The van der Waals surface area contributed by atoms with Crippen molar-refractivity contribution < 1.29 is 13.9 Å². The van der Waals surface area contributed by atoms with Crippen molar-refractivity contribution in [1.29, 1.82) is 0 Å². The molecular formula is C20H18F2N6O2. The molecule has 1 N–H and O–H groups in total. The van der Waals surface area contributed by atoms with Gasteiger partial charge >= 0.3 is 5.69 Å². The zero-order valence-corrected chi connectivity index (χ0v) is 16.0. The summed E-state index contributed by atoms with van der Waals surface area (Å²) in [5, 5.41) is 19.4. The van der Waals surface area contributed by atoms with E-state index in [4.69, 9.17) is 0 Å². The van der Waals surface area contributed by atoms with Crippen LogP contribution in [0.2, 0.25) is 0 Å². The number of aromatic nitrogens is 6. The van der Waals surface area contributed by atoms with Gasteiger partial charge in [-0.05, 0) is 25.1 Å². The van der Waals surface area contributed by atoms with Crippen LogP contribution in [0.1, 0.15) is 11.1 Å². The van der Waals surface area contributed by atoms with E-state index in [1.54, 1.807) is 12.1 Å². The Morgan fingerprint density at radius 1 is 1.03 bits per heavy atom. The van der Waals surface area contributed by atoms with E-state index in [2.05, 4.69) is 15.2 Å². The van der Waals surface area contributed by atoms with Crippen molar-refractivity contribution in [3.63, 3.8) is 0 Å². The van der Waals surface area contributed by atoms with Crippen molar-refractivity contribution in [2.45, 2.75) is 25.6 Å². The lowest BCUT2D eigenvalue weighted by molar-refractivity contribution is -0.00948. The molecule has 0 aliphatic rings. The van der Waals surface area contributed by atoms with E-state index in [1.165, 1.54) is 28.2 Å². The van der Waals surface area contributed by atoms with Crippen molar-refractivity contribution in [2.24, 2.45) is 0 Å².